The largest absolute Gasteiger partial charge is 0.286 e. The molecule has 3 atom stereocenters. The number of nitrogens with zero attached hydrogens (tertiary/aromatic N) is 4. The number of benzene rings is 1. The number of fused-ring (bicyclic) bond motifs is 1. The van der Waals surface area contributed by atoms with Crippen molar-refractivity contribution in [2.24, 2.45) is 17.8 Å². The molecule has 9 heteroatoms. The van der Waals surface area contributed by atoms with E-state index in [1.165, 1.54) is 0 Å². The molecule has 1 heterocycles. The molecule has 1 fully saturated rings. The van der Waals surface area contributed by atoms with Crippen LogP contribution in [-0.2, 0) is 9.59 Å². The number of aromatic nitrogens is 3. The molecule has 2 unspecified atom stereocenters. The van der Waals surface area contributed by atoms with Gasteiger partial charge in [-0.25, -0.2) is 10.0 Å². The zero-order valence-electron chi connectivity index (χ0n) is 16.1. The molecule has 150 valence electrons. The number of hydrazine groups is 1. The number of carbonyl (C=O) groups excluding carboxylic acids is 2. The fourth-order valence-corrected chi connectivity index (χ4v) is 3.84. The first-order valence-electron chi connectivity index (χ1n) is 9.54. The van der Waals surface area contributed by atoms with Crippen molar-refractivity contribution in [1.82, 2.24) is 25.7 Å². The molecule has 0 bridgehead atoms. The van der Waals surface area contributed by atoms with Gasteiger partial charge in [-0.2, -0.15) is 0 Å². The van der Waals surface area contributed by atoms with Crippen LogP contribution in [0.15, 0.2) is 18.2 Å². The third kappa shape index (κ3) is 4.72. The van der Waals surface area contributed by atoms with Crippen LogP contribution < -0.4 is 10.9 Å². The minimum atomic E-state index is -0.539. The van der Waals surface area contributed by atoms with Gasteiger partial charge in [-0.15, -0.1) is 10.2 Å². The maximum absolute atomic E-state index is 12.7. The molecule has 1 aromatic carbocycles. The van der Waals surface area contributed by atoms with Crippen LogP contribution in [0, 0.1) is 24.7 Å². The van der Waals surface area contributed by atoms with Crippen LogP contribution in [0.4, 0.5) is 5.95 Å². The number of anilines is 1. The van der Waals surface area contributed by atoms with E-state index in [9.17, 15) is 14.8 Å². The number of amides is 2. The van der Waals surface area contributed by atoms with Crippen molar-refractivity contribution in [1.29, 1.82) is 0 Å². The summed E-state index contributed by atoms with van der Waals surface area (Å²) < 4.78 is 0. The number of carbonyl (C=O) groups is 2. The van der Waals surface area contributed by atoms with Crippen molar-refractivity contribution >= 4 is 29.3 Å². The summed E-state index contributed by atoms with van der Waals surface area (Å²) in [6.45, 7) is 4.04. The highest BCUT2D eigenvalue weighted by molar-refractivity contribution is 5.81. The summed E-state index contributed by atoms with van der Waals surface area (Å²) in [5.41, 5.74) is 7.62. The molecule has 1 aromatic heterocycles. The van der Waals surface area contributed by atoms with Crippen LogP contribution in [0.5, 0.6) is 0 Å². The van der Waals surface area contributed by atoms with Crippen LogP contribution >= 0.6 is 0 Å². The Hall–Kier alpha value is -2.81. The van der Waals surface area contributed by atoms with Crippen molar-refractivity contribution in [2.45, 2.75) is 39.5 Å². The molecule has 1 saturated carbocycles. The first-order valence-corrected chi connectivity index (χ1v) is 9.54. The Morgan fingerprint density at radius 2 is 2.21 bits per heavy atom. The highest BCUT2D eigenvalue weighted by Gasteiger charge is 2.30. The minimum absolute atomic E-state index is 0.0594. The average Bonchev–Trinajstić information content (AvgIpc) is 3.10. The monoisotopic (exact) mass is 386 g/mol. The Morgan fingerprint density at radius 1 is 1.39 bits per heavy atom. The molecule has 0 saturated heterocycles. The molecule has 1 aliphatic rings. The summed E-state index contributed by atoms with van der Waals surface area (Å²) in [6, 6.07) is 5.62. The SMILES string of the molecule is Cc1cccc2nnc(NNC(=O)[C@H](CC3CCCC3C)CN(O)C=O)nc12. The van der Waals surface area contributed by atoms with Gasteiger partial charge >= 0.3 is 0 Å². The lowest BCUT2D eigenvalue weighted by Gasteiger charge is -2.24. The molecule has 0 spiro atoms. The topological polar surface area (TPSA) is 120 Å². The standard InChI is InChI=1S/C19H26N6O3/c1-12-5-3-7-14(12)9-15(10-25(28)11-26)18(27)22-24-19-20-17-13(2)6-4-8-16(17)21-23-19/h4,6,8,11-12,14-15,28H,3,5,7,9-10H2,1-2H3,(H,22,27)(H,20,23,24)/t12?,14?,15-/m1/s1. The van der Waals surface area contributed by atoms with Crippen molar-refractivity contribution in [2.75, 3.05) is 12.0 Å². The average molecular weight is 386 g/mol. The lowest BCUT2D eigenvalue weighted by atomic mass is 9.87. The summed E-state index contributed by atoms with van der Waals surface area (Å²) >= 11 is 0. The quantitative estimate of drug-likeness (QED) is 0.361. The highest BCUT2D eigenvalue weighted by atomic mass is 16.5. The summed E-state index contributed by atoms with van der Waals surface area (Å²) in [5.74, 6) is 0.246. The normalized spacial score (nSPS) is 20.0. The number of hydroxylamine groups is 2. The van der Waals surface area contributed by atoms with Crippen LogP contribution in [0.25, 0.3) is 11.0 Å². The fourth-order valence-electron chi connectivity index (χ4n) is 3.84. The van der Waals surface area contributed by atoms with E-state index in [2.05, 4.69) is 33.0 Å². The van der Waals surface area contributed by atoms with Gasteiger partial charge in [-0.3, -0.25) is 25.6 Å². The zero-order valence-corrected chi connectivity index (χ0v) is 16.1. The van der Waals surface area contributed by atoms with Gasteiger partial charge in [0.25, 0.3) is 5.95 Å². The second-order valence-electron chi connectivity index (χ2n) is 7.52. The molecule has 9 nitrogen and oxygen atoms in total. The second-order valence-corrected chi connectivity index (χ2v) is 7.52. The Balaban J connectivity index is 1.66. The third-order valence-corrected chi connectivity index (χ3v) is 5.51. The van der Waals surface area contributed by atoms with E-state index in [1.54, 1.807) is 0 Å². The van der Waals surface area contributed by atoms with Crippen molar-refractivity contribution in [3.8, 4) is 0 Å². The van der Waals surface area contributed by atoms with Crippen molar-refractivity contribution in [3.05, 3.63) is 23.8 Å². The molecule has 2 aromatic rings. The summed E-state index contributed by atoms with van der Waals surface area (Å²) in [7, 11) is 0. The Labute approximate surface area is 163 Å². The molecular formula is C19H26N6O3. The van der Waals surface area contributed by atoms with E-state index >= 15 is 0 Å². The van der Waals surface area contributed by atoms with E-state index in [0.29, 0.717) is 40.8 Å². The Kier molecular flexibility index (Phi) is 6.35. The van der Waals surface area contributed by atoms with Crippen LogP contribution in [0.2, 0.25) is 0 Å². The van der Waals surface area contributed by atoms with E-state index < -0.39 is 5.92 Å². The van der Waals surface area contributed by atoms with Gasteiger partial charge in [0.05, 0.1) is 18.0 Å². The highest BCUT2D eigenvalue weighted by Crippen LogP contribution is 2.35. The van der Waals surface area contributed by atoms with Crippen LogP contribution in [-0.4, -0.2) is 44.3 Å². The van der Waals surface area contributed by atoms with Crippen molar-refractivity contribution < 1.29 is 14.8 Å². The molecule has 28 heavy (non-hydrogen) atoms. The van der Waals surface area contributed by atoms with Gasteiger partial charge in [-0.05, 0) is 36.8 Å². The van der Waals surface area contributed by atoms with Gasteiger partial charge < -0.3 is 0 Å². The summed E-state index contributed by atoms with van der Waals surface area (Å²) in [6.07, 6.45) is 4.26. The van der Waals surface area contributed by atoms with Crippen molar-refractivity contribution in [3.63, 3.8) is 0 Å². The van der Waals surface area contributed by atoms with Gasteiger partial charge in [0.2, 0.25) is 12.3 Å². The van der Waals surface area contributed by atoms with E-state index in [-0.39, 0.29) is 18.4 Å². The Bertz CT molecular complexity index is 846. The molecular weight excluding hydrogens is 360 g/mol. The second kappa shape index (κ2) is 8.92. The lowest BCUT2D eigenvalue weighted by molar-refractivity contribution is -0.155. The lowest BCUT2D eigenvalue weighted by Crippen LogP contribution is -2.41. The zero-order chi connectivity index (χ0) is 20.1. The third-order valence-electron chi connectivity index (χ3n) is 5.51. The predicted octanol–water partition coefficient (Wildman–Crippen LogP) is 2.07. The maximum Gasteiger partial charge on any atom is 0.262 e. The minimum Gasteiger partial charge on any atom is -0.286 e. The Morgan fingerprint density at radius 3 is 2.93 bits per heavy atom. The van der Waals surface area contributed by atoms with Gasteiger partial charge in [0.1, 0.15) is 5.52 Å². The molecule has 3 rings (SSSR count). The number of hydrogen-bond donors (Lipinski definition) is 3. The summed E-state index contributed by atoms with van der Waals surface area (Å²) in [5, 5.41) is 18.2. The first-order chi connectivity index (χ1) is 13.5. The smallest absolute Gasteiger partial charge is 0.262 e. The molecule has 3 N–H and O–H groups in total. The molecule has 2 amide bonds. The molecule has 0 radical (unpaired) electrons. The van der Waals surface area contributed by atoms with Gasteiger partial charge in [0, 0.05) is 0 Å². The van der Waals surface area contributed by atoms with Gasteiger partial charge in [0.15, 0.2) is 0 Å². The number of rotatable bonds is 8. The van der Waals surface area contributed by atoms with Crippen LogP contribution in [0.1, 0.15) is 38.2 Å². The maximum atomic E-state index is 12.7. The molecule has 1 aliphatic carbocycles. The van der Waals surface area contributed by atoms with E-state index in [4.69, 9.17) is 0 Å². The number of para-hydroxylation sites is 1. The van der Waals surface area contributed by atoms with E-state index in [0.717, 1.165) is 24.8 Å². The van der Waals surface area contributed by atoms with Gasteiger partial charge in [-0.1, -0.05) is 38.3 Å². The number of hydrogen-bond acceptors (Lipinski definition) is 7. The summed E-state index contributed by atoms with van der Waals surface area (Å²) in [4.78, 5) is 27.9. The molecule has 0 aliphatic heterocycles. The first kappa shape index (κ1) is 19.9. The van der Waals surface area contributed by atoms with E-state index in [1.807, 2.05) is 25.1 Å². The van der Waals surface area contributed by atoms with Crippen LogP contribution in [0.3, 0.4) is 0 Å². The number of aryl methyl sites for hydroxylation is 1. The fraction of sp³-hybridized carbons (Fsp3) is 0.526. The number of nitrogens with one attached hydrogen (secondary N) is 2. The predicted molar refractivity (Wildman–Crippen MR) is 103 cm³/mol.